The second-order valence-corrected chi connectivity index (χ2v) is 6.89. The number of ether oxygens (including phenoxy) is 2. The van der Waals surface area contributed by atoms with Crippen molar-refractivity contribution in [2.24, 2.45) is 0 Å². The highest BCUT2D eigenvalue weighted by molar-refractivity contribution is 6.08. The number of carbonyl (C=O) groups excluding carboxylic acids is 1. The maximum atomic E-state index is 11.6. The normalized spacial score (nSPS) is 11.0. The Labute approximate surface area is 169 Å². The van der Waals surface area contributed by atoms with Gasteiger partial charge in [0.1, 0.15) is 11.5 Å². The van der Waals surface area contributed by atoms with Crippen LogP contribution in [0.3, 0.4) is 0 Å². The van der Waals surface area contributed by atoms with Gasteiger partial charge < -0.3 is 14.3 Å². The number of aryl methyl sites for hydroxylation is 1. The van der Waals surface area contributed by atoms with Gasteiger partial charge in [0.05, 0.1) is 24.2 Å². The van der Waals surface area contributed by atoms with Gasteiger partial charge in [-0.3, -0.25) is 0 Å². The van der Waals surface area contributed by atoms with E-state index in [1.807, 2.05) is 73.7 Å². The van der Waals surface area contributed by atoms with Crippen molar-refractivity contribution in [1.29, 1.82) is 0 Å². The summed E-state index contributed by atoms with van der Waals surface area (Å²) in [6.07, 6.45) is 0.763. The SMILES string of the molecule is CC(=O)On1c2ccccc2c2ccc(OCCCOc3ccccc3C)cc21. The van der Waals surface area contributed by atoms with E-state index in [9.17, 15) is 4.79 Å². The van der Waals surface area contributed by atoms with Crippen molar-refractivity contribution in [3.05, 3.63) is 72.3 Å². The monoisotopic (exact) mass is 389 g/mol. The fourth-order valence-electron chi connectivity index (χ4n) is 3.38. The second-order valence-electron chi connectivity index (χ2n) is 6.89. The predicted octanol–water partition coefficient (Wildman–Crippen LogP) is 4.93. The van der Waals surface area contributed by atoms with E-state index in [1.165, 1.54) is 6.92 Å². The first-order valence-corrected chi connectivity index (χ1v) is 9.67. The molecule has 0 unspecified atom stereocenters. The topological polar surface area (TPSA) is 49.7 Å². The Balaban J connectivity index is 1.46. The van der Waals surface area contributed by atoms with Gasteiger partial charge in [-0.1, -0.05) is 36.4 Å². The Bertz CT molecular complexity index is 1160. The van der Waals surface area contributed by atoms with Gasteiger partial charge in [-0.2, -0.15) is 4.73 Å². The van der Waals surface area contributed by atoms with Gasteiger partial charge in [0.2, 0.25) is 0 Å². The van der Waals surface area contributed by atoms with Crippen LogP contribution in [0.15, 0.2) is 66.7 Å². The van der Waals surface area contributed by atoms with E-state index in [4.69, 9.17) is 14.3 Å². The standard InChI is InChI=1S/C24H23NO4/c1-17-8-3-6-11-24(17)28-15-7-14-27-19-12-13-21-20-9-4-5-10-22(20)25(23(21)16-19)29-18(2)26/h3-6,8-13,16H,7,14-15H2,1-2H3. The van der Waals surface area contributed by atoms with Gasteiger partial charge in [-0.25, -0.2) is 4.79 Å². The van der Waals surface area contributed by atoms with Crippen LogP contribution in [-0.2, 0) is 4.79 Å². The number of benzene rings is 3. The molecule has 3 aromatic carbocycles. The summed E-state index contributed by atoms with van der Waals surface area (Å²) < 4.78 is 13.3. The quantitative estimate of drug-likeness (QED) is 0.421. The lowest BCUT2D eigenvalue weighted by molar-refractivity contribution is -0.140. The van der Waals surface area contributed by atoms with Gasteiger partial charge in [0, 0.05) is 30.2 Å². The van der Waals surface area contributed by atoms with Crippen LogP contribution >= 0.6 is 0 Å². The van der Waals surface area contributed by atoms with E-state index < -0.39 is 0 Å². The number of carbonyl (C=O) groups is 1. The number of hydrogen-bond acceptors (Lipinski definition) is 4. The fraction of sp³-hybridized carbons (Fsp3) is 0.208. The summed E-state index contributed by atoms with van der Waals surface area (Å²) in [5.41, 5.74) is 2.77. The molecule has 1 heterocycles. The Kier molecular flexibility index (Phi) is 5.38. The van der Waals surface area contributed by atoms with Crippen molar-refractivity contribution in [2.45, 2.75) is 20.3 Å². The van der Waals surface area contributed by atoms with Crippen LogP contribution in [0.25, 0.3) is 21.8 Å². The van der Waals surface area contributed by atoms with Crippen molar-refractivity contribution in [3.8, 4) is 11.5 Å². The van der Waals surface area contributed by atoms with E-state index in [0.717, 1.165) is 45.3 Å². The van der Waals surface area contributed by atoms with Crippen molar-refractivity contribution in [2.75, 3.05) is 13.2 Å². The minimum absolute atomic E-state index is 0.368. The highest BCUT2D eigenvalue weighted by atomic mass is 16.7. The first-order chi connectivity index (χ1) is 14.1. The van der Waals surface area contributed by atoms with E-state index in [0.29, 0.717) is 13.2 Å². The van der Waals surface area contributed by atoms with Crippen LogP contribution < -0.4 is 14.3 Å². The van der Waals surface area contributed by atoms with Crippen LogP contribution in [0.1, 0.15) is 18.9 Å². The van der Waals surface area contributed by atoms with Crippen molar-refractivity contribution in [1.82, 2.24) is 4.73 Å². The largest absolute Gasteiger partial charge is 0.493 e. The number of fused-ring (bicyclic) bond motifs is 3. The molecule has 0 bridgehead atoms. The summed E-state index contributed by atoms with van der Waals surface area (Å²) in [5, 5.41) is 2.04. The molecule has 0 radical (unpaired) electrons. The molecular weight excluding hydrogens is 366 g/mol. The molecule has 0 aliphatic carbocycles. The Hall–Kier alpha value is -3.47. The summed E-state index contributed by atoms with van der Waals surface area (Å²) in [6.45, 7) is 4.55. The summed E-state index contributed by atoms with van der Waals surface area (Å²) in [4.78, 5) is 17.0. The molecule has 0 saturated heterocycles. The number of rotatable bonds is 7. The summed E-state index contributed by atoms with van der Waals surface area (Å²) in [6, 6.07) is 21.6. The molecule has 0 fully saturated rings. The lowest BCUT2D eigenvalue weighted by Crippen LogP contribution is -2.15. The van der Waals surface area contributed by atoms with E-state index in [-0.39, 0.29) is 5.97 Å². The maximum absolute atomic E-state index is 11.6. The molecule has 0 atom stereocenters. The second kappa shape index (κ2) is 8.27. The Morgan fingerprint density at radius 3 is 2.41 bits per heavy atom. The maximum Gasteiger partial charge on any atom is 0.329 e. The van der Waals surface area contributed by atoms with Gasteiger partial charge in [-0.05, 0) is 36.8 Å². The lowest BCUT2D eigenvalue weighted by Gasteiger charge is -2.10. The molecule has 5 heteroatoms. The summed E-state index contributed by atoms with van der Waals surface area (Å²) in [5.74, 6) is 1.26. The Morgan fingerprint density at radius 1 is 0.862 bits per heavy atom. The third-order valence-electron chi connectivity index (χ3n) is 4.73. The molecule has 5 nitrogen and oxygen atoms in total. The number of hydrogen-bond donors (Lipinski definition) is 0. The first kappa shape index (κ1) is 18.9. The molecule has 29 heavy (non-hydrogen) atoms. The third-order valence-corrected chi connectivity index (χ3v) is 4.73. The molecule has 4 aromatic rings. The average molecular weight is 389 g/mol. The van der Waals surface area contributed by atoms with Gasteiger partial charge in [0.25, 0.3) is 0 Å². The van der Waals surface area contributed by atoms with Crippen LogP contribution in [0.2, 0.25) is 0 Å². The molecule has 1 aromatic heterocycles. The van der Waals surface area contributed by atoms with Crippen LogP contribution in [0, 0.1) is 6.92 Å². The number of nitrogens with zero attached hydrogens (tertiary/aromatic N) is 1. The van der Waals surface area contributed by atoms with Crippen LogP contribution in [0.4, 0.5) is 0 Å². The van der Waals surface area contributed by atoms with Crippen molar-refractivity contribution >= 4 is 27.8 Å². The van der Waals surface area contributed by atoms with Gasteiger partial charge >= 0.3 is 5.97 Å². The predicted molar refractivity (Wildman–Crippen MR) is 113 cm³/mol. The third kappa shape index (κ3) is 4.04. The highest BCUT2D eigenvalue weighted by Gasteiger charge is 2.13. The minimum atomic E-state index is -0.368. The molecule has 4 rings (SSSR count). The summed E-state index contributed by atoms with van der Waals surface area (Å²) in [7, 11) is 0. The van der Waals surface area contributed by atoms with E-state index in [1.54, 1.807) is 4.73 Å². The smallest absolute Gasteiger partial charge is 0.329 e. The number of aromatic nitrogens is 1. The van der Waals surface area contributed by atoms with E-state index in [2.05, 4.69) is 0 Å². The zero-order valence-corrected chi connectivity index (χ0v) is 16.6. The zero-order valence-electron chi connectivity index (χ0n) is 16.6. The minimum Gasteiger partial charge on any atom is -0.493 e. The molecule has 0 aliphatic heterocycles. The fourth-order valence-corrected chi connectivity index (χ4v) is 3.38. The number of para-hydroxylation sites is 2. The van der Waals surface area contributed by atoms with Gasteiger partial charge in [0.15, 0.2) is 0 Å². The molecule has 0 aliphatic rings. The van der Waals surface area contributed by atoms with Crippen LogP contribution in [0.5, 0.6) is 11.5 Å². The lowest BCUT2D eigenvalue weighted by atomic mass is 10.1. The first-order valence-electron chi connectivity index (χ1n) is 9.67. The molecule has 0 saturated carbocycles. The van der Waals surface area contributed by atoms with Crippen molar-refractivity contribution in [3.63, 3.8) is 0 Å². The molecular formula is C24H23NO4. The molecule has 0 spiro atoms. The average Bonchev–Trinajstić information content (AvgIpc) is 3.02. The van der Waals surface area contributed by atoms with E-state index >= 15 is 0 Å². The molecule has 0 N–H and O–H groups in total. The molecule has 0 amide bonds. The van der Waals surface area contributed by atoms with Crippen molar-refractivity contribution < 1.29 is 19.1 Å². The molecule has 148 valence electrons. The van der Waals surface area contributed by atoms with Crippen LogP contribution in [-0.4, -0.2) is 23.9 Å². The van der Waals surface area contributed by atoms with Gasteiger partial charge in [-0.15, -0.1) is 0 Å². The zero-order chi connectivity index (χ0) is 20.2. The summed E-state index contributed by atoms with van der Waals surface area (Å²) >= 11 is 0. The Morgan fingerprint density at radius 2 is 1.59 bits per heavy atom. The highest BCUT2D eigenvalue weighted by Crippen LogP contribution is 2.31.